The number of carbonyl (C=O) groups excluding carboxylic acids is 1. The van der Waals surface area contributed by atoms with Crippen LogP contribution in [0.5, 0.6) is 0 Å². The topological polar surface area (TPSA) is 55.6 Å². The van der Waals surface area contributed by atoms with Gasteiger partial charge < -0.3 is 15.4 Å². The Morgan fingerprint density at radius 1 is 1.33 bits per heavy atom. The van der Waals surface area contributed by atoms with Crippen molar-refractivity contribution < 1.29 is 9.53 Å². The third-order valence-corrected chi connectivity index (χ3v) is 4.51. The Kier molecular flexibility index (Phi) is 5.76. The molecule has 1 aliphatic rings. The molecule has 0 aliphatic heterocycles. The van der Waals surface area contributed by atoms with Crippen molar-refractivity contribution in [2.45, 2.75) is 32.2 Å². The molecule has 1 fully saturated rings. The van der Waals surface area contributed by atoms with Gasteiger partial charge in [-0.15, -0.1) is 0 Å². The van der Waals surface area contributed by atoms with E-state index in [0.717, 1.165) is 18.4 Å². The number of nitrogens with zero attached hydrogens (tertiary/aromatic N) is 1. The molecule has 0 saturated heterocycles. The monoisotopic (exact) mass is 290 g/mol. The molecule has 1 aromatic rings. The van der Waals surface area contributed by atoms with Crippen LogP contribution in [-0.2, 0) is 16.1 Å². The van der Waals surface area contributed by atoms with Crippen molar-refractivity contribution in [2.75, 3.05) is 26.8 Å². The van der Waals surface area contributed by atoms with Crippen molar-refractivity contribution in [3.05, 3.63) is 35.9 Å². The summed E-state index contributed by atoms with van der Waals surface area (Å²) < 4.78 is 5.14. The Labute approximate surface area is 127 Å². The molecule has 0 atom stereocenters. The van der Waals surface area contributed by atoms with Crippen LogP contribution in [0.2, 0.25) is 0 Å². The third kappa shape index (κ3) is 4.29. The van der Waals surface area contributed by atoms with Gasteiger partial charge >= 0.3 is 0 Å². The number of carbonyl (C=O) groups is 1. The molecule has 4 heteroatoms. The fourth-order valence-corrected chi connectivity index (χ4v) is 2.86. The zero-order valence-electron chi connectivity index (χ0n) is 12.9. The Morgan fingerprint density at radius 2 is 2.05 bits per heavy atom. The van der Waals surface area contributed by atoms with Gasteiger partial charge in [-0.05, 0) is 30.4 Å². The molecule has 4 nitrogen and oxygen atoms in total. The quantitative estimate of drug-likeness (QED) is 0.798. The molecule has 2 N–H and O–H groups in total. The summed E-state index contributed by atoms with van der Waals surface area (Å²) in [5, 5.41) is 0. The normalized spacial score (nSPS) is 16.3. The Balaban J connectivity index is 1.99. The second kappa shape index (κ2) is 7.57. The van der Waals surface area contributed by atoms with E-state index in [1.165, 1.54) is 6.42 Å². The maximum Gasteiger partial charge on any atom is 0.223 e. The van der Waals surface area contributed by atoms with Crippen molar-refractivity contribution in [3.63, 3.8) is 0 Å². The predicted molar refractivity (Wildman–Crippen MR) is 83.7 cm³/mol. The summed E-state index contributed by atoms with van der Waals surface area (Å²) >= 11 is 0. The van der Waals surface area contributed by atoms with E-state index in [4.69, 9.17) is 10.5 Å². The number of rotatable bonds is 8. The summed E-state index contributed by atoms with van der Waals surface area (Å²) in [5.74, 6) is 0.195. The van der Waals surface area contributed by atoms with E-state index in [-0.39, 0.29) is 11.3 Å². The minimum absolute atomic E-state index is 0.0547. The van der Waals surface area contributed by atoms with Gasteiger partial charge in [-0.25, -0.2) is 0 Å². The molecule has 21 heavy (non-hydrogen) atoms. The second-order valence-electron chi connectivity index (χ2n) is 6.03. The Morgan fingerprint density at radius 3 is 2.57 bits per heavy atom. The van der Waals surface area contributed by atoms with Crippen LogP contribution in [0, 0.1) is 5.41 Å². The van der Waals surface area contributed by atoms with E-state index >= 15 is 0 Å². The van der Waals surface area contributed by atoms with Gasteiger partial charge in [0.25, 0.3) is 0 Å². The molecule has 0 aromatic heterocycles. The summed E-state index contributed by atoms with van der Waals surface area (Å²) in [6, 6.07) is 10.1. The molecule has 0 spiro atoms. The van der Waals surface area contributed by atoms with Crippen molar-refractivity contribution in [1.29, 1.82) is 0 Å². The fraction of sp³-hybridized carbons (Fsp3) is 0.588. The minimum Gasteiger partial charge on any atom is -0.383 e. The lowest BCUT2D eigenvalue weighted by Gasteiger charge is -2.41. The number of methoxy groups -OCH3 is 1. The van der Waals surface area contributed by atoms with Crippen molar-refractivity contribution >= 4 is 5.91 Å². The lowest BCUT2D eigenvalue weighted by atomic mass is 9.66. The Hall–Kier alpha value is -1.39. The molecule has 1 saturated carbocycles. The van der Waals surface area contributed by atoms with Gasteiger partial charge in [0.15, 0.2) is 0 Å². The van der Waals surface area contributed by atoms with Crippen LogP contribution >= 0.6 is 0 Å². The van der Waals surface area contributed by atoms with Crippen molar-refractivity contribution in [1.82, 2.24) is 4.90 Å². The first kappa shape index (κ1) is 16.0. The number of amides is 1. The van der Waals surface area contributed by atoms with E-state index < -0.39 is 0 Å². The van der Waals surface area contributed by atoms with Crippen LogP contribution in [0.25, 0.3) is 0 Å². The van der Waals surface area contributed by atoms with E-state index in [9.17, 15) is 4.79 Å². The summed E-state index contributed by atoms with van der Waals surface area (Å²) in [6.07, 6.45) is 3.93. The predicted octanol–water partition coefficient (Wildman–Crippen LogP) is 2.18. The van der Waals surface area contributed by atoms with Crippen LogP contribution in [0.3, 0.4) is 0 Å². The molecule has 0 bridgehead atoms. The summed E-state index contributed by atoms with van der Waals surface area (Å²) in [7, 11) is 1.67. The van der Waals surface area contributed by atoms with Crippen LogP contribution in [0.15, 0.2) is 30.3 Å². The highest BCUT2D eigenvalue weighted by atomic mass is 16.5. The van der Waals surface area contributed by atoms with E-state index in [1.807, 2.05) is 23.1 Å². The van der Waals surface area contributed by atoms with Gasteiger partial charge in [-0.1, -0.05) is 36.8 Å². The van der Waals surface area contributed by atoms with E-state index in [0.29, 0.717) is 32.7 Å². The van der Waals surface area contributed by atoms with Crippen molar-refractivity contribution in [2.24, 2.45) is 11.1 Å². The molecule has 116 valence electrons. The highest BCUT2D eigenvalue weighted by molar-refractivity contribution is 5.77. The zero-order valence-corrected chi connectivity index (χ0v) is 12.9. The molecule has 1 aliphatic carbocycles. The largest absolute Gasteiger partial charge is 0.383 e. The molecule has 0 unspecified atom stereocenters. The molecular formula is C17H26N2O2. The highest BCUT2D eigenvalue weighted by Crippen LogP contribution is 2.43. The van der Waals surface area contributed by atoms with Gasteiger partial charge in [-0.2, -0.15) is 0 Å². The number of hydrogen-bond acceptors (Lipinski definition) is 3. The van der Waals surface area contributed by atoms with Gasteiger partial charge in [0.1, 0.15) is 0 Å². The molecular weight excluding hydrogens is 264 g/mol. The van der Waals surface area contributed by atoms with Crippen LogP contribution in [0.1, 0.15) is 31.2 Å². The first-order valence-corrected chi connectivity index (χ1v) is 7.70. The smallest absolute Gasteiger partial charge is 0.223 e. The maximum absolute atomic E-state index is 12.6. The first-order chi connectivity index (χ1) is 10.2. The summed E-state index contributed by atoms with van der Waals surface area (Å²) in [6.45, 7) is 2.45. The highest BCUT2D eigenvalue weighted by Gasteiger charge is 2.38. The third-order valence-electron chi connectivity index (χ3n) is 4.51. The number of nitrogens with two attached hydrogens (primary N) is 1. The molecule has 0 radical (unpaired) electrons. The molecule has 1 aromatic carbocycles. The zero-order chi connectivity index (χ0) is 15.1. The van der Waals surface area contributed by atoms with E-state index in [1.54, 1.807) is 7.11 Å². The number of ether oxygens (including phenoxy) is 1. The Bertz CT molecular complexity index is 438. The van der Waals surface area contributed by atoms with Crippen LogP contribution < -0.4 is 5.73 Å². The van der Waals surface area contributed by atoms with Crippen LogP contribution in [0.4, 0.5) is 0 Å². The minimum atomic E-state index is 0.0547. The molecule has 1 amide bonds. The maximum atomic E-state index is 12.6. The standard InChI is InChI=1S/C17H26N2O2/c1-21-11-10-19(13-15-6-3-2-4-7-15)16(20)12-17(14-18)8-5-9-17/h2-4,6-7H,5,8-14,18H2,1H3. The lowest BCUT2D eigenvalue weighted by molar-refractivity contribution is -0.136. The first-order valence-electron chi connectivity index (χ1n) is 7.70. The lowest BCUT2D eigenvalue weighted by Crippen LogP contribution is -2.43. The van der Waals surface area contributed by atoms with Crippen molar-refractivity contribution in [3.8, 4) is 0 Å². The van der Waals surface area contributed by atoms with Crippen LogP contribution in [-0.4, -0.2) is 37.6 Å². The number of hydrogen-bond donors (Lipinski definition) is 1. The summed E-state index contributed by atoms with van der Waals surface area (Å²) in [4.78, 5) is 14.5. The van der Waals surface area contributed by atoms with E-state index in [2.05, 4.69) is 12.1 Å². The van der Waals surface area contributed by atoms with Gasteiger partial charge in [-0.3, -0.25) is 4.79 Å². The second-order valence-corrected chi connectivity index (χ2v) is 6.03. The van der Waals surface area contributed by atoms with Gasteiger partial charge in [0.05, 0.1) is 6.61 Å². The molecule has 2 rings (SSSR count). The van der Waals surface area contributed by atoms with Gasteiger partial charge in [0.2, 0.25) is 5.91 Å². The van der Waals surface area contributed by atoms with Gasteiger partial charge in [0, 0.05) is 26.6 Å². The fourth-order valence-electron chi connectivity index (χ4n) is 2.86. The average molecular weight is 290 g/mol. The summed E-state index contributed by atoms with van der Waals surface area (Å²) in [5.41, 5.74) is 7.08. The SMILES string of the molecule is COCCN(Cc1ccccc1)C(=O)CC1(CN)CCC1. The molecule has 0 heterocycles. The average Bonchev–Trinajstić information content (AvgIpc) is 2.48. The number of benzene rings is 1.